The van der Waals surface area contributed by atoms with E-state index >= 15 is 0 Å². The van der Waals surface area contributed by atoms with Gasteiger partial charge < -0.3 is 14.8 Å². The molecule has 1 N–H and O–H groups in total. The van der Waals surface area contributed by atoms with Crippen LogP contribution in [-0.2, 0) is 16.1 Å². The van der Waals surface area contributed by atoms with Crippen LogP contribution in [0, 0.1) is 18.8 Å². The molecule has 0 radical (unpaired) electrons. The Bertz CT molecular complexity index is 591. The highest BCUT2D eigenvalue weighted by molar-refractivity contribution is 5.76. The van der Waals surface area contributed by atoms with Crippen LogP contribution >= 0.6 is 0 Å². The highest BCUT2D eigenvalue weighted by Crippen LogP contribution is 2.23. The molecule has 1 saturated heterocycles. The molecule has 0 aromatic heterocycles. The fraction of sp³-hybridized carbons (Fsp3) is 0.550. The van der Waals surface area contributed by atoms with Gasteiger partial charge in [0.15, 0.2) is 0 Å². The normalized spacial score (nSPS) is 22.7. The third-order valence-electron chi connectivity index (χ3n) is 4.76. The van der Waals surface area contributed by atoms with E-state index in [4.69, 9.17) is 9.47 Å². The molecule has 3 rings (SSSR count). The van der Waals surface area contributed by atoms with Gasteiger partial charge in [0, 0.05) is 31.1 Å². The largest absolute Gasteiger partial charge is 0.493 e. The van der Waals surface area contributed by atoms with Crippen molar-refractivity contribution >= 4 is 5.91 Å². The minimum atomic E-state index is 0.113. The Balaban J connectivity index is 1.53. The van der Waals surface area contributed by atoms with Crippen LogP contribution in [0.4, 0.5) is 0 Å². The lowest BCUT2D eigenvalue weighted by Gasteiger charge is -2.16. The predicted molar refractivity (Wildman–Crippen MR) is 93.9 cm³/mol. The van der Waals surface area contributed by atoms with Crippen molar-refractivity contribution < 1.29 is 14.3 Å². The summed E-state index contributed by atoms with van der Waals surface area (Å²) in [6.45, 7) is 4.87. The van der Waals surface area contributed by atoms with Crippen LogP contribution in [-0.4, -0.2) is 25.7 Å². The average Bonchev–Trinajstić information content (AvgIpc) is 3.25. The summed E-state index contributed by atoms with van der Waals surface area (Å²) >= 11 is 0. The molecule has 1 fully saturated rings. The maximum atomic E-state index is 12.1. The first-order chi connectivity index (χ1) is 11.7. The van der Waals surface area contributed by atoms with Crippen LogP contribution in [0.25, 0.3) is 0 Å². The van der Waals surface area contributed by atoms with Crippen molar-refractivity contribution in [2.75, 3.05) is 19.8 Å². The topological polar surface area (TPSA) is 47.6 Å². The van der Waals surface area contributed by atoms with Gasteiger partial charge in [0.05, 0.1) is 13.2 Å². The first-order valence-electron chi connectivity index (χ1n) is 8.94. The number of nitrogens with one attached hydrogen (secondary N) is 1. The lowest BCUT2D eigenvalue weighted by Crippen LogP contribution is -2.25. The van der Waals surface area contributed by atoms with E-state index in [0.29, 0.717) is 31.4 Å². The third-order valence-corrected chi connectivity index (χ3v) is 4.76. The van der Waals surface area contributed by atoms with Crippen molar-refractivity contribution in [2.24, 2.45) is 11.8 Å². The van der Waals surface area contributed by atoms with Gasteiger partial charge in [-0.2, -0.15) is 0 Å². The van der Waals surface area contributed by atoms with E-state index in [1.807, 2.05) is 6.07 Å². The number of hydrogen-bond acceptors (Lipinski definition) is 3. The number of carbonyl (C=O) groups excluding carboxylic acids is 1. The van der Waals surface area contributed by atoms with Crippen molar-refractivity contribution in [1.82, 2.24) is 5.32 Å². The molecule has 0 saturated carbocycles. The molecular formula is C20H27NO3. The van der Waals surface area contributed by atoms with Crippen molar-refractivity contribution in [2.45, 2.75) is 39.2 Å². The highest BCUT2D eigenvalue weighted by Gasteiger charge is 2.18. The molecule has 4 heteroatoms. The number of amides is 1. The van der Waals surface area contributed by atoms with Crippen molar-refractivity contribution in [1.29, 1.82) is 0 Å². The predicted octanol–water partition coefficient (Wildman–Crippen LogP) is 3.38. The third kappa shape index (κ3) is 4.84. The zero-order valence-electron chi connectivity index (χ0n) is 14.4. The van der Waals surface area contributed by atoms with Gasteiger partial charge in [-0.25, -0.2) is 0 Å². The molecule has 1 amide bonds. The lowest BCUT2D eigenvalue weighted by molar-refractivity contribution is -0.121. The number of ether oxygens (including phenoxy) is 2. The number of allylic oxidation sites excluding steroid dienone is 2. The van der Waals surface area contributed by atoms with E-state index in [2.05, 4.69) is 36.5 Å². The number of hydrogen-bond donors (Lipinski definition) is 1. The number of rotatable bonds is 7. The molecule has 2 aliphatic rings. The van der Waals surface area contributed by atoms with Gasteiger partial charge in [-0.15, -0.1) is 0 Å². The molecule has 0 unspecified atom stereocenters. The standard InChI is InChI=1S/C20H27NO3/c1-15-6-7-18(12-21-20(22)11-16-4-2-3-5-16)19(10-15)24-14-17-8-9-23-13-17/h2,4,6-7,10,16-17H,3,5,8-9,11-14H2,1H3,(H,21,22)/t16-,17+/m1/s1. The van der Waals surface area contributed by atoms with Crippen molar-refractivity contribution in [3.8, 4) is 5.75 Å². The molecule has 130 valence electrons. The molecular weight excluding hydrogens is 302 g/mol. The molecule has 1 heterocycles. The number of carbonyl (C=O) groups is 1. The van der Waals surface area contributed by atoms with E-state index in [9.17, 15) is 4.79 Å². The van der Waals surface area contributed by atoms with Gasteiger partial charge >= 0.3 is 0 Å². The summed E-state index contributed by atoms with van der Waals surface area (Å²) in [4.78, 5) is 12.1. The minimum absolute atomic E-state index is 0.113. The summed E-state index contributed by atoms with van der Waals surface area (Å²) in [5.41, 5.74) is 2.20. The van der Waals surface area contributed by atoms with Gasteiger partial charge in [0.25, 0.3) is 0 Å². The van der Waals surface area contributed by atoms with Crippen LogP contribution in [0.5, 0.6) is 5.75 Å². The minimum Gasteiger partial charge on any atom is -0.493 e. The Morgan fingerprint density at radius 1 is 1.38 bits per heavy atom. The van der Waals surface area contributed by atoms with E-state index in [1.54, 1.807) is 0 Å². The van der Waals surface area contributed by atoms with Gasteiger partial charge in [0.2, 0.25) is 5.91 Å². The number of benzene rings is 1. The Hall–Kier alpha value is -1.81. The van der Waals surface area contributed by atoms with Gasteiger partial charge in [-0.3, -0.25) is 4.79 Å². The summed E-state index contributed by atoms with van der Waals surface area (Å²) < 4.78 is 11.4. The van der Waals surface area contributed by atoms with E-state index in [0.717, 1.165) is 43.8 Å². The molecule has 1 aliphatic heterocycles. The number of aryl methyl sites for hydroxylation is 1. The van der Waals surface area contributed by atoms with E-state index < -0.39 is 0 Å². The van der Waals surface area contributed by atoms with E-state index in [-0.39, 0.29) is 5.91 Å². The smallest absolute Gasteiger partial charge is 0.220 e. The van der Waals surface area contributed by atoms with Crippen LogP contribution in [0.15, 0.2) is 30.4 Å². The van der Waals surface area contributed by atoms with Crippen molar-refractivity contribution in [3.05, 3.63) is 41.5 Å². The molecule has 1 aliphatic carbocycles. The Morgan fingerprint density at radius 3 is 3.04 bits per heavy atom. The SMILES string of the molecule is Cc1ccc(CNC(=O)C[C@@H]2C=CCC2)c(OC[C@H]2CCOC2)c1. The molecule has 1 aromatic carbocycles. The van der Waals surface area contributed by atoms with Crippen LogP contribution in [0.3, 0.4) is 0 Å². The second-order valence-electron chi connectivity index (χ2n) is 6.90. The first-order valence-corrected chi connectivity index (χ1v) is 8.94. The fourth-order valence-electron chi connectivity index (χ4n) is 3.23. The Labute approximate surface area is 144 Å². The molecule has 4 nitrogen and oxygen atoms in total. The monoisotopic (exact) mass is 329 g/mol. The highest BCUT2D eigenvalue weighted by atomic mass is 16.5. The summed E-state index contributed by atoms with van der Waals surface area (Å²) in [5, 5.41) is 3.04. The molecule has 2 atom stereocenters. The maximum Gasteiger partial charge on any atom is 0.220 e. The molecule has 1 aromatic rings. The second kappa shape index (κ2) is 8.34. The fourth-order valence-corrected chi connectivity index (χ4v) is 3.23. The van der Waals surface area contributed by atoms with Crippen LogP contribution in [0.2, 0.25) is 0 Å². The zero-order valence-corrected chi connectivity index (χ0v) is 14.4. The Kier molecular flexibility index (Phi) is 5.91. The van der Waals surface area contributed by atoms with Crippen LogP contribution < -0.4 is 10.1 Å². The van der Waals surface area contributed by atoms with Gasteiger partial charge in [0.1, 0.15) is 5.75 Å². The first kappa shape index (κ1) is 17.0. The average molecular weight is 329 g/mol. The summed E-state index contributed by atoms with van der Waals surface area (Å²) in [6, 6.07) is 6.16. The molecule has 0 bridgehead atoms. The molecule has 0 spiro atoms. The molecule has 24 heavy (non-hydrogen) atoms. The van der Waals surface area contributed by atoms with Crippen LogP contribution in [0.1, 0.15) is 36.8 Å². The summed E-state index contributed by atoms with van der Waals surface area (Å²) in [7, 11) is 0. The summed E-state index contributed by atoms with van der Waals surface area (Å²) in [6.07, 6.45) is 8.15. The summed E-state index contributed by atoms with van der Waals surface area (Å²) in [5.74, 6) is 1.87. The van der Waals surface area contributed by atoms with Gasteiger partial charge in [-0.1, -0.05) is 24.3 Å². The lowest BCUT2D eigenvalue weighted by atomic mass is 10.0. The van der Waals surface area contributed by atoms with Crippen molar-refractivity contribution in [3.63, 3.8) is 0 Å². The zero-order chi connectivity index (χ0) is 16.8. The second-order valence-corrected chi connectivity index (χ2v) is 6.90. The van der Waals surface area contributed by atoms with Gasteiger partial charge in [-0.05, 0) is 43.7 Å². The Morgan fingerprint density at radius 2 is 2.29 bits per heavy atom. The maximum absolute atomic E-state index is 12.1. The quantitative estimate of drug-likeness (QED) is 0.780. The van der Waals surface area contributed by atoms with E-state index in [1.165, 1.54) is 5.56 Å².